The lowest BCUT2D eigenvalue weighted by Gasteiger charge is -2.27. The average molecular weight is 401 g/mol. The zero-order valence-electron chi connectivity index (χ0n) is 16.9. The molecule has 28 heavy (non-hydrogen) atoms. The van der Waals surface area contributed by atoms with Gasteiger partial charge in [-0.25, -0.2) is 0 Å². The van der Waals surface area contributed by atoms with Crippen molar-refractivity contribution in [3.8, 4) is 0 Å². The number of aromatic nitrogens is 2. The van der Waals surface area contributed by atoms with Crippen LogP contribution in [0.3, 0.4) is 0 Å². The van der Waals surface area contributed by atoms with Gasteiger partial charge in [-0.2, -0.15) is 0 Å². The van der Waals surface area contributed by atoms with Gasteiger partial charge in [-0.15, -0.1) is 0 Å². The Balaban J connectivity index is 1.90. The van der Waals surface area contributed by atoms with Gasteiger partial charge in [0.05, 0.1) is 24.9 Å². The minimum atomic E-state index is -0.199. The lowest BCUT2D eigenvalue weighted by Crippen LogP contribution is -2.31. The van der Waals surface area contributed by atoms with Crippen LogP contribution in [0.25, 0.3) is 0 Å². The summed E-state index contributed by atoms with van der Waals surface area (Å²) in [7, 11) is 1.42. The molecule has 1 fully saturated rings. The Bertz CT molecular complexity index is 828. The summed E-state index contributed by atoms with van der Waals surface area (Å²) in [6.07, 6.45) is 7.15. The van der Waals surface area contributed by atoms with Crippen molar-refractivity contribution in [1.29, 1.82) is 0 Å². The van der Waals surface area contributed by atoms with E-state index < -0.39 is 0 Å². The van der Waals surface area contributed by atoms with Crippen molar-refractivity contribution >= 4 is 23.3 Å². The van der Waals surface area contributed by atoms with Crippen LogP contribution in [-0.2, 0) is 15.1 Å². The number of methoxy groups -OCH3 is 1. The van der Waals surface area contributed by atoms with E-state index in [0.29, 0.717) is 24.5 Å². The lowest BCUT2D eigenvalue weighted by atomic mass is 9.99. The molecule has 1 aliphatic heterocycles. The van der Waals surface area contributed by atoms with Crippen LogP contribution in [0.15, 0.2) is 42.9 Å². The van der Waals surface area contributed by atoms with Crippen molar-refractivity contribution in [2.45, 2.75) is 51.2 Å². The predicted octanol–water partition coefficient (Wildman–Crippen LogP) is 3.56. The largest absolute Gasteiger partial charge is 0.469 e. The Labute approximate surface area is 171 Å². The fourth-order valence-corrected chi connectivity index (χ4v) is 3.84. The monoisotopic (exact) mass is 400 g/mol. The second-order valence-electron chi connectivity index (χ2n) is 8.02. The summed E-state index contributed by atoms with van der Waals surface area (Å²) < 4.78 is 6.98. The van der Waals surface area contributed by atoms with Gasteiger partial charge in [-0.1, -0.05) is 6.07 Å². The molecule has 3 rings (SSSR count). The first-order valence-corrected chi connectivity index (χ1v) is 9.95. The summed E-state index contributed by atoms with van der Waals surface area (Å²) in [6.45, 7) is 7.21. The normalized spacial score (nSPS) is 19.6. The van der Waals surface area contributed by atoms with Crippen LogP contribution >= 0.6 is 12.2 Å². The molecular weight excluding hydrogens is 372 g/mol. The molecule has 0 aromatic carbocycles. The molecule has 0 radical (unpaired) electrons. The summed E-state index contributed by atoms with van der Waals surface area (Å²) in [5.74, 6) is -0.199. The highest BCUT2D eigenvalue weighted by Gasteiger charge is 2.40. The topological polar surface area (TPSA) is 59.4 Å². The Morgan fingerprint density at radius 1 is 1.32 bits per heavy atom. The molecule has 1 aliphatic rings. The third-order valence-corrected chi connectivity index (χ3v) is 5.39. The van der Waals surface area contributed by atoms with Gasteiger partial charge in [-0.05, 0) is 63.2 Å². The van der Waals surface area contributed by atoms with Crippen LogP contribution in [0.5, 0.6) is 0 Å². The van der Waals surface area contributed by atoms with Crippen molar-refractivity contribution in [3.05, 3.63) is 54.1 Å². The molecule has 0 bridgehead atoms. The Kier molecular flexibility index (Phi) is 6.03. The number of rotatable bonds is 6. The number of hydrogen-bond donors (Lipinski definition) is 1. The third-order valence-electron chi connectivity index (χ3n) is 5.04. The molecular formula is C21H28N4O2S. The van der Waals surface area contributed by atoms with Crippen LogP contribution in [0.2, 0.25) is 0 Å². The van der Waals surface area contributed by atoms with Gasteiger partial charge in [0.2, 0.25) is 0 Å². The predicted molar refractivity (Wildman–Crippen MR) is 113 cm³/mol. The van der Waals surface area contributed by atoms with E-state index in [-0.39, 0.29) is 23.6 Å². The highest BCUT2D eigenvalue weighted by atomic mass is 32.1. The maximum absolute atomic E-state index is 11.5. The number of nitrogens with one attached hydrogen (secondary N) is 1. The third kappa shape index (κ3) is 4.35. The molecule has 2 aromatic heterocycles. The Morgan fingerprint density at radius 3 is 2.71 bits per heavy atom. The molecule has 0 amide bonds. The average Bonchev–Trinajstić information content (AvgIpc) is 3.27. The minimum Gasteiger partial charge on any atom is -0.469 e. The van der Waals surface area contributed by atoms with Gasteiger partial charge in [0, 0.05) is 37.1 Å². The van der Waals surface area contributed by atoms with E-state index in [1.54, 1.807) is 6.20 Å². The van der Waals surface area contributed by atoms with Crippen molar-refractivity contribution in [2.75, 3.05) is 13.7 Å². The number of nitrogens with zero attached hydrogens (tertiary/aromatic N) is 3. The molecule has 0 unspecified atom stereocenters. The molecule has 7 heteroatoms. The summed E-state index contributed by atoms with van der Waals surface area (Å²) in [6, 6.07) is 8.05. The first kappa shape index (κ1) is 20.3. The van der Waals surface area contributed by atoms with Crippen molar-refractivity contribution in [2.24, 2.45) is 0 Å². The van der Waals surface area contributed by atoms with Gasteiger partial charge in [0.15, 0.2) is 5.11 Å². The lowest BCUT2D eigenvalue weighted by molar-refractivity contribution is -0.140. The molecule has 0 saturated carbocycles. The van der Waals surface area contributed by atoms with E-state index in [2.05, 4.69) is 59.0 Å². The molecule has 150 valence electrons. The zero-order chi connectivity index (χ0) is 20.3. The van der Waals surface area contributed by atoms with E-state index in [1.807, 2.05) is 18.2 Å². The van der Waals surface area contributed by atoms with Crippen LogP contribution in [0.4, 0.5) is 0 Å². The summed E-state index contributed by atoms with van der Waals surface area (Å²) >= 11 is 5.65. The van der Waals surface area contributed by atoms with Gasteiger partial charge < -0.3 is 19.5 Å². The minimum absolute atomic E-state index is 0.000991. The van der Waals surface area contributed by atoms with Gasteiger partial charge >= 0.3 is 5.97 Å². The number of hydrogen-bond acceptors (Lipinski definition) is 4. The maximum atomic E-state index is 11.5. The van der Waals surface area contributed by atoms with Crippen LogP contribution in [0, 0.1) is 0 Å². The molecule has 2 aromatic rings. The standard InChI is InChI=1S/C21H28N4O2S/c1-21(2,3)24-13-10-15(14-24)19-18(16-8-5-6-11-22-16)23-20(28)25(19)12-7-9-17(26)27-4/h5-6,8,10-11,13-14,18-19H,7,9,12H2,1-4H3,(H,23,28)/t18-,19-/m0/s1. The number of carbonyl (C=O) groups excluding carboxylic acids is 1. The first-order valence-electron chi connectivity index (χ1n) is 9.54. The van der Waals surface area contributed by atoms with Gasteiger partial charge in [0.25, 0.3) is 0 Å². The molecule has 6 nitrogen and oxygen atoms in total. The quantitative estimate of drug-likeness (QED) is 0.591. The smallest absolute Gasteiger partial charge is 0.305 e. The summed E-state index contributed by atoms with van der Waals surface area (Å²) in [4.78, 5) is 18.2. The van der Waals surface area contributed by atoms with Gasteiger partial charge in [0.1, 0.15) is 0 Å². The SMILES string of the molecule is COC(=O)CCCN1C(=S)N[C@@H](c2ccccn2)[C@@H]1c1ccn(C(C)(C)C)c1. The molecule has 0 spiro atoms. The van der Waals surface area contributed by atoms with E-state index in [4.69, 9.17) is 17.0 Å². The summed E-state index contributed by atoms with van der Waals surface area (Å²) in [5.41, 5.74) is 2.13. The molecule has 2 atom stereocenters. The van der Waals surface area contributed by atoms with Crippen molar-refractivity contribution < 1.29 is 9.53 Å². The first-order chi connectivity index (χ1) is 13.3. The number of carbonyl (C=O) groups is 1. The van der Waals surface area contributed by atoms with E-state index in [9.17, 15) is 4.79 Å². The molecule has 1 N–H and O–H groups in total. The van der Waals surface area contributed by atoms with Gasteiger partial charge in [-0.3, -0.25) is 9.78 Å². The van der Waals surface area contributed by atoms with Crippen molar-refractivity contribution in [3.63, 3.8) is 0 Å². The second-order valence-corrected chi connectivity index (χ2v) is 8.41. The number of ether oxygens (including phenoxy) is 1. The Morgan fingerprint density at radius 2 is 2.11 bits per heavy atom. The molecule has 1 saturated heterocycles. The van der Waals surface area contributed by atoms with Crippen LogP contribution in [-0.4, -0.2) is 39.2 Å². The fraction of sp³-hybridized carbons (Fsp3) is 0.476. The van der Waals surface area contributed by atoms with Crippen LogP contribution < -0.4 is 5.32 Å². The highest BCUT2D eigenvalue weighted by Crippen LogP contribution is 2.39. The highest BCUT2D eigenvalue weighted by molar-refractivity contribution is 7.80. The Hall–Kier alpha value is -2.41. The van der Waals surface area contributed by atoms with Crippen LogP contribution in [0.1, 0.15) is 57.0 Å². The van der Waals surface area contributed by atoms with E-state index in [0.717, 1.165) is 5.69 Å². The molecule has 3 heterocycles. The van der Waals surface area contributed by atoms with E-state index >= 15 is 0 Å². The maximum Gasteiger partial charge on any atom is 0.305 e. The van der Waals surface area contributed by atoms with E-state index in [1.165, 1.54) is 12.7 Å². The second kappa shape index (κ2) is 8.31. The van der Waals surface area contributed by atoms with Crippen molar-refractivity contribution in [1.82, 2.24) is 19.8 Å². The summed E-state index contributed by atoms with van der Waals surface area (Å²) in [5, 5.41) is 4.13. The number of esters is 1. The zero-order valence-corrected chi connectivity index (χ0v) is 17.7. The number of pyridine rings is 1. The fourth-order valence-electron chi connectivity index (χ4n) is 3.51. The number of thiocarbonyl (C=S) groups is 1. The molecule has 0 aliphatic carbocycles.